The molecule has 1 atom stereocenters. The fraction of sp³-hybridized carbons (Fsp3) is 0.938. The van der Waals surface area contributed by atoms with Crippen molar-refractivity contribution in [3.8, 4) is 0 Å². The molecule has 1 fully saturated rings. The molecule has 1 unspecified atom stereocenters. The lowest BCUT2D eigenvalue weighted by atomic mass is 9.93. The molecule has 1 aliphatic carbocycles. The lowest BCUT2D eigenvalue weighted by molar-refractivity contribution is -0.129. The third-order valence-electron chi connectivity index (χ3n) is 3.94. The van der Waals surface area contributed by atoms with Crippen LogP contribution < -0.4 is 10.6 Å². The van der Waals surface area contributed by atoms with Crippen molar-refractivity contribution in [2.75, 3.05) is 13.2 Å². The van der Waals surface area contributed by atoms with Crippen molar-refractivity contribution in [2.24, 2.45) is 0 Å². The molecule has 2 N–H and O–H groups in total. The molecular weight excluding hydrogens is 252 g/mol. The maximum atomic E-state index is 11.7. The topological polar surface area (TPSA) is 50.4 Å². The van der Waals surface area contributed by atoms with Gasteiger partial charge in [0.05, 0.1) is 6.10 Å². The average molecular weight is 284 g/mol. The van der Waals surface area contributed by atoms with Gasteiger partial charge in [-0.2, -0.15) is 0 Å². The summed E-state index contributed by atoms with van der Waals surface area (Å²) in [7, 11) is 0. The normalized spacial score (nSPS) is 24.4. The van der Waals surface area contributed by atoms with Crippen LogP contribution in [-0.4, -0.2) is 37.2 Å². The van der Waals surface area contributed by atoms with Gasteiger partial charge in [-0.25, -0.2) is 0 Å². The van der Waals surface area contributed by atoms with Gasteiger partial charge in [-0.05, 0) is 52.0 Å². The number of rotatable bonds is 9. The number of carbonyl (C=O) groups is 1. The number of amides is 1. The second-order valence-corrected chi connectivity index (χ2v) is 6.00. The number of nitrogens with one attached hydrogen (secondary N) is 2. The highest BCUT2D eigenvalue weighted by Gasteiger charge is 2.21. The molecule has 1 rings (SSSR count). The summed E-state index contributed by atoms with van der Waals surface area (Å²) in [5, 5.41) is 6.54. The molecule has 1 saturated carbocycles. The van der Waals surface area contributed by atoms with Crippen LogP contribution in [0.1, 0.15) is 65.7 Å². The van der Waals surface area contributed by atoms with Gasteiger partial charge >= 0.3 is 0 Å². The Labute approximate surface area is 124 Å². The van der Waals surface area contributed by atoms with E-state index >= 15 is 0 Å². The molecule has 0 aromatic carbocycles. The zero-order chi connectivity index (χ0) is 14.8. The fourth-order valence-corrected chi connectivity index (χ4v) is 2.80. The third-order valence-corrected chi connectivity index (χ3v) is 3.94. The van der Waals surface area contributed by atoms with Crippen LogP contribution in [0, 0.1) is 0 Å². The van der Waals surface area contributed by atoms with Crippen molar-refractivity contribution < 1.29 is 9.53 Å². The smallest absolute Gasteiger partial charge is 0.246 e. The molecule has 0 heterocycles. The lowest BCUT2D eigenvalue weighted by Crippen LogP contribution is -2.38. The average Bonchev–Trinajstić information content (AvgIpc) is 2.44. The summed E-state index contributed by atoms with van der Waals surface area (Å²) in [4.78, 5) is 11.7. The van der Waals surface area contributed by atoms with Crippen molar-refractivity contribution in [1.29, 1.82) is 0 Å². The predicted molar refractivity (Wildman–Crippen MR) is 82.8 cm³/mol. The number of hydrogen-bond donors (Lipinski definition) is 2. The number of carbonyl (C=O) groups excluding carboxylic acids is 1. The van der Waals surface area contributed by atoms with Crippen LogP contribution in [0.4, 0.5) is 0 Å². The molecule has 118 valence electrons. The van der Waals surface area contributed by atoms with E-state index in [-0.39, 0.29) is 24.7 Å². The van der Waals surface area contributed by atoms with Gasteiger partial charge in [-0.3, -0.25) is 4.79 Å². The summed E-state index contributed by atoms with van der Waals surface area (Å²) in [6.45, 7) is 7.69. The van der Waals surface area contributed by atoms with Gasteiger partial charge in [0.1, 0.15) is 6.61 Å². The Hall–Kier alpha value is -0.610. The molecule has 0 aromatic heterocycles. The molecule has 0 aromatic rings. The summed E-state index contributed by atoms with van der Waals surface area (Å²) in [6.07, 6.45) is 8.04. The standard InChI is InChI=1S/C16H32N2O2/c1-4-6-13(3)18-16(19)12-20-15-9-7-14(8-10-15)17-11-5-2/h13-15,17H,4-12H2,1-3H3,(H,18,19). The van der Waals surface area contributed by atoms with E-state index in [2.05, 4.69) is 24.5 Å². The first-order valence-corrected chi connectivity index (χ1v) is 8.30. The summed E-state index contributed by atoms with van der Waals surface area (Å²) in [5.74, 6) is 0.0252. The summed E-state index contributed by atoms with van der Waals surface area (Å²) in [5.41, 5.74) is 0. The van der Waals surface area contributed by atoms with Crippen LogP contribution >= 0.6 is 0 Å². The second-order valence-electron chi connectivity index (χ2n) is 6.00. The summed E-state index contributed by atoms with van der Waals surface area (Å²) >= 11 is 0. The summed E-state index contributed by atoms with van der Waals surface area (Å²) in [6, 6.07) is 0.901. The Morgan fingerprint density at radius 2 is 1.90 bits per heavy atom. The van der Waals surface area contributed by atoms with Gasteiger partial charge in [0.2, 0.25) is 5.91 Å². The van der Waals surface area contributed by atoms with Crippen LogP contribution in [0.5, 0.6) is 0 Å². The Bertz CT molecular complexity index is 263. The zero-order valence-electron chi connectivity index (χ0n) is 13.4. The summed E-state index contributed by atoms with van der Waals surface area (Å²) < 4.78 is 5.74. The van der Waals surface area contributed by atoms with Gasteiger partial charge in [-0.15, -0.1) is 0 Å². The van der Waals surface area contributed by atoms with E-state index in [0.717, 1.165) is 32.2 Å². The van der Waals surface area contributed by atoms with Crippen LogP contribution in [-0.2, 0) is 9.53 Å². The Kier molecular flexibility index (Phi) is 8.86. The monoisotopic (exact) mass is 284 g/mol. The molecule has 1 amide bonds. The van der Waals surface area contributed by atoms with E-state index in [1.807, 2.05) is 6.92 Å². The van der Waals surface area contributed by atoms with Crippen LogP contribution in [0.15, 0.2) is 0 Å². The number of ether oxygens (including phenoxy) is 1. The van der Waals surface area contributed by atoms with E-state index < -0.39 is 0 Å². The van der Waals surface area contributed by atoms with Gasteiger partial charge in [0.15, 0.2) is 0 Å². The first kappa shape index (κ1) is 17.4. The van der Waals surface area contributed by atoms with E-state index in [1.54, 1.807) is 0 Å². The van der Waals surface area contributed by atoms with Crippen molar-refractivity contribution in [2.45, 2.75) is 83.9 Å². The number of hydrogen-bond acceptors (Lipinski definition) is 3. The van der Waals surface area contributed by atoms with Gasteiger partial charge in [0.25, 0.3) is 0 Å². The van der Waals surface area contributed by atoms with Crippen LogP contribution in [0.2, 0.25) is 0 Å². The highest BCUT2D eigenvalue weighted by molar-refractivity contribution is 5.77. The Balaban J connectivity index is 2.10. The molecule has 4 nitrogen and oxygen atoms in total. The minimum Gasteiger partial charge on any atom is -0.368 e. The van der Waals surface area contributed by atoms with Gasteiger partial charge in [-0.1, -0.05) is 20.3 Å². The largest absolute Gasteiger partial charge is 0.368 e. The SMILES string of the molecule is CCCNC1CCC(OCC(=O)NC(C)CCC)CC1. The molecule has 0 bridgehead atoms. The molecule has 1 aliphatic rings. The van der Waals surface area contributed by atoms with E-state index in [0.29, 0.717) is 6.04 Å². The molecule has 0 aliphatic heterocycles. The van der Waals surface area contributed by atoms with E-state index in [4.69, 9.17) is 4.74 Å². The quantitative estimate of drug-likeness (QED) is 0.684. The van der Waals surface area contributed by atoms with Gasteiger partial charge in [0, 0.05) is 12.1 Å². The van der Waals surface area contributed by atoms with Crippen molar-refractivity contribution in [3.05, 3.63) is 0 Å². The molecule has 20 heavy (non-hydrogen) atoms. The van der Waals surface area contributed by atoms with Gasteiger partial charge < -0.3 is 15.4 Å². The molecule has 0 radical (unpaired) electrons. The fourth-order valence-electron chi connectivity index (χ4n) is 2.80. The van der Waals surface area contributed by atoms with Crippen LogP contribution in [0.25, 0.3) is 0 Å². The predicted octanol–water partition coefficient (Wildman–Crippen LogP) is 2.62. The minimum atomic E-state index is 0.0252. The first-order valence-electron chi connectivity index (χ1n) is 8.30. The first-order chi connectivity index (χ1) is 9.65. The van der Waals surface area contributed by atoms with Crippen molar-refractivity contribution in [1.82, 2.24) is 10.6 Å². The molecule has 0 saturated heterocycles. The van der Waals surface area contributed by atoms with Crippen LogP contribution in [0.3, 0.4) is 0 Å². The second kappa shape index (κ2) is 10.2. The molecule has 4 heteroatoms. The van der Waals surface area contributed by atoms with Crippen molar-refractivity contribution in [3.63, 3.8) is 0 Å². The Morgan fingerprint density at radius 3 is 2.50 bits per heavy atom. The highest BCUT2D eigenvalue weighted by Crippen LogP contribution is 2.21. The maximum Gasteiger partial charge on any atom is 0.246 e. The minimum absolute atomic E-state index is 0.0252. The maximum absolute atomic E-state index is 11.7. The lowest BCUT2D eigenvalue weighted by Gasteiger charge is -2.29. The molecular formula is C16H32N2O2. The van der Waals surface area contributed by atoms with E-state index in [9.17, 15) is 4.79 Å². The zero-order valence-corrected chi connectivity index (χ0v) is 13.4. The van der Waals surface area contributed by atoms with E-state index in [1.165, 1.54) is 19.3 Å². The van der Waals surface area contributed by atoms with Crippen molar-refractivity contribution >= 4 is 5.91 Å². The highest BCUT2D eigenvalue weighted by atomic mass is 16.5. The molecule has 0 spiro atoms. The third kappa shape index (κ3) is 7.25. The Morgan fingerprint density at radius 1 is 1.20 bits per heavy atom.